The molecule has 3 rings (SSSR count). The minimum absolute atomic E-state index is 0.0263. The number of anilines is 1. The SMILES string of the molecule is CCC(C(=O)NC(C)C)N(Cc1ccc(Cl)c(Cl)c1)C(=O)CN(c1ccc(Br)cc1)S(=O)(=O)c1ccc(C)cc1. The molecule has 2 amide bonds. The average molecular weight is 669 g/mol. The van der Waals surface area contributed by atoms with Crippen LogP contribution >= 0.6 is 39.1 Å². The molecule has 1 unspecified atom stereocenters. The van der Waals surface area contributed by atoms with Gasteiger partial charge in [0.15, 0.2) is 0 Å². The topological polar surface area (TPSA) is 86.8 Å². The van der Waals surface area contributed by atoms with Gasteiger partial charge in [-0.15, -0.1) is 0 Å². The molecule has 0 aliphatic rings. The lowest BCUT2D eigenvalue weighted by Gasteiger charge is -2.33. The van der Waals surface area contributed by atoms with Crippen LogP contribution in [0.15, 0.2) is 76.1 Å². The maximum absolute atomic E-state index is 14.0. The highest BCUT2D eigenvalue weighted by Crippen LogP contribution is 2.28. The molecule has 0 fully saturated rings. The minimum Gasteiger partial charge on any atom is -0.352 e. The zero-order valence-corrected chi connectivity index (χ0v) is 26.6. The molecule has 0 saturated heterocycles. The van der Waals surface area contributed by atoms with Crippen molar-refractivity contribution in [3.05, 3.63) is 92.4 Å². The number of carbonyl (C=O) groups is 2. The standard InChI is InChI=1S/C29H32BrCl2N3O4S/c1-5-27(29(37)33-19(2)3)34(17-21-8-15-25(31)26(32)16-21)28(36)18-35(23-11-9-22(30)10-12-23)40(38,39)24-13-6-20(4)7-14-24/h6-16,19,27H,5,17-18H2,1-4H3,(H,33,37). The van der Waals surface area contributed by atoms with Gasteiger partial charge in [-0.1, -0.05) is 69.8 Å². The number of benzene rings is 3. The van der Waals surface area contributed by atoms with Gasteiger partial charge in [-0.05, 0) is 81.3 Å². The van der Waals surface area contributed by atoms with E-state index >= 15 is 0 Å². The summed E-state index contributed by atoms with van der Waals surface area (Å²) in [6.07, 6.45) is 0.314. The van der Waals surface area contributed by atoms with Crippen molar-refractivity contribution in [1.29, 1.82) is 0 Å². The lowest BCUT2D eigenvalue weighted by Crippen LogP contribution is -2.53. The Hall–Kier alpha value is -2.59. The van der Waals surface area contributed by atoms with E-state index < -0.39 is 28.5 Å². The van der Waals surface area contributed by atoms with Gasteiger partial charge < -0.3 is 10.2 Å². The number of amides is 2. The molecule has 0 aliphatic heterocycles. The summed E-state index contributed by atoms with van der Waals surface area (Å²) >= 11 is 15.7. The molecule has 0 bridgehead atoms. The smallest absolute Gasteiger partial charge is 0.264 e. The number of hydrogen-bond acceptors (Lipinski definition) is 4. The number of nitrogens with one attached hydrogen (secondary N) is 1. The van der Waals surface area contributed by atoms with Crippen molar-refractivity contribution >= 4 is 66.7 Å². The molecular weight excluding hydrogens is 637 g/mol. The molecular formula is C29H32BrCl2N3O4S. The fourth-order valence-corrected chi connectivity index (χ4v) is 6.11. The first kappa shape index (κ1) is 31.9. The van der Waals surface area contributed by atoms with Crippen LogP contribution in [0.2, 0.25) is 10.0 Å². The highest BCUT2D eigenvalue weighted by Gasteiger charge is 2.34. The van der Waals surface area contributed by atoms with Crippen LogP contribution in [0.1, 0.15) is 38.3 Å². The van der Waals surface area contributed by atoms with Gasteiger partial charge in [0.2, 0.25) is 11.8 Å². The fraction of sp³-hybridized carbons (Fsp3) is 0.310. The summed E-state index contributed by atoms with van der Waals surface area (Å²) in [4.78, 5) is 28.7. The Morgan fingerprint density at radius 2 is 1.57 bits per heavy atom. The van der Waals surface area contributed by atoms with Crippen molar-refractivity contribution < 1.29 is 18.0 Å². The number of nitrogens with zero attached hydrogens (tertiary/aromatic N) is 2. The molecule has 40 heavy (non-hydrogen) atoms. The van der Waals surface area contributed by atoms with Crippen molar-refractivity contribution in [3.8, 4) is 0 Å². The summed E-state index contributed by atoms with van der Waals surface area (Å²) < 4.78 is 29.6. The Morgan fingerprint density at radius 1 is 0.950 bits per heavy atom. The predicted octanol–water partition coefficient (Wildman–Crippen LogP) is 6.59. The van der Waals surface area contributed by atoms with Crippen LogP contribution in [-0.4, -0.2) is 43.8 Å². The van der Waals surface area contributed by atoms with Crippen LogP contribution in [0.4, 0.5) is 5.69 Å². The van der Waals surface area contributed by atoms with Crippen molar-refractivity contribution in [3.63, 3.8) is 0 Å². The van der Waals surface area contributed by atoms with Gasteiger partial charge in [0.25, 0.3) is 10.0 Å². The molecule has 0 radical (unpaired) electrons. The van der Waals surface area contributed by atoms with Crippen molar-refractivity contribution in [1.82, 2.24) is 10.2 Å². The summed E-state index contributed by atoms with van der Waals surface area (Å²) in [5, 5.41) is 3.54. The van der Waals surface area contributed by atoms with Gasteiger partial charge in [0.1, 0.15) is 12.6 Å². The van der Waals surface area contributed by atoms with E-state index in [1.807, 2.05) is 20.8 Å². The first-order chi connectivity index (χ1) is 18.8. The summed E-state index contributed by atoms with van der Waals surface area (Å²) in [5.74, 6) is -0.877. The summed E-state index contributed by atoms with van der Waals surface area (Å²) in [6.45, 7) is 6.83. The number of hydrogen-bond donors (Lipinski definition) is 1. The number of halogens is 3. The third-order valence-corrected chi connectivity index (χ3v) is 9.21. The quantitative estimate of drug-likeness (QED) is 0.250. The van der Waals surface area contributed by atoms with Crippen molar-refractivity contribution in [2.24, 2.45) is 0 Å². The molecule has 0 aromatic heterocycles. The molecule has 214 valence electrons. The van der Waals surface area contributed by atoms with Gasteiger partial charge in [0, 0.05) is 17.1 Å². The maximum atomic E-state index is 14.0. The van der Waals surface area contributed by atoms with Gasteiger partial charge >= 0.3 is 0 Å². The number of aryl methyl sites for hydroxylation is 1. The summed E-state index contributed by atoms with van der Waals surface area (Å²) in [7, 11) is -4.14. The van der Waals surface area contributed by atoms with E-state index in [-0.39, 0.29) is 23.4 Å². The number of sulfonamides is 1. The van der Waals surface area contributed by atoms with Gasteiger partial charge in [-0.3, -0.25) is 13.9 Å². The molecule has 1 atom stereocenters. The average Bonchev–Trinajstić information content (AvgIpc) is 2.89. The van der Waals surface area contributed by atoms with E-state index in [0.717, 1.165) is 14.3 Å². The third kappa shape index (κ3) is 8.00. The lowest BCUT2D eigenvalue weighted by atomic mass is 10.1. The molecule has 3 aromatic rings. The molecule has 0 heterocycles. The molecule has 0 saturated carbocycles. The second-order valence-corrected chi connectivity index (χ2v) is 13.3. The maximum Gasteiger partial charge on any atom is 0.264 e. The second kappa shape index (κ2) is 13.9. The zero-order chi connectivity index (χ0) is 29.6. The third-order valence-electron chi connectivity index (χ3n) is 6.16. The van der Waals surface area contributed by atoms with Crippen molar-refractivity contribution in [2.75, 3.05) is 10.8 Å². The fourth-order valence-electron chi connectivity index (χ4n) is 4.11. The Balaban J connectivity index is 2.07. The van der Waals surface area contributed by atoms with E-state index in [1.54, 1.807) is 61.5 Å². The largest absolute Gasteiger partial charge is 0.352 e. The van der Waals surface area contributed by atoms with Crippen LogP contribution in [0.3, 0.4) is 0 Å². The van der Waals surface area contributed by atoms with Crippen LogP contribution < -0.4 is 9.62 Å². The summed E-state index contributed by atoms with van der Waals surface area (Å²) in [5.41, 5.74) is 1.86. The van der Waals surface area contributed by atoms with E-state index in [9.17, 15) is 18.0 Å². The minimum atomic E-state index is -4.14. The Labute approximate surface area is 254 Å². The van der Waals surface area contributed by atoms with Crippen LogP contribution in [0, 0.1) is 6.92 Å². The Morgan fingerprint density at radius 3 is 2.12 bits per heavy atom. The Kier molecular flexibility index (Phi) is 11.1. The Bertz CT molecular complexity index is 1450. The van der Waals surface area contributed by atoms with Crippen LogP contribution in [0.25, 0.3) is 0 Å². The first-order valence-electron chi connectivity index (χ1n) is 12.7. The first-order valence-corrected chi connectivity index (χ1v) is 15.7. The lowest BCUT2D eigenvalue weighted by molar-refractivity contribution is -0.140. The monoisotopic (exact) mass is 667 g/mol. The highest BCUT2D eigenvalue weighted by molar-refractivity contribution is 9.10. The normalized spacial score (nSPS) is 12.2. The molecule has 0 spiro atoms. The number of carbonyl (C=O) groups excluding carboxylic acids is 2. The van der Waals surface area contributed by atoms with E-state index in [4.69, 9.17) is 23.2 Å². The number of rotatable bonds is 11. The molecule has 1 N–H and O–H groups in total. The van der Waals surface area contributed by atoms with Gasteiger partial charge in [-0.25, -0.2) is 8.42 Å². The van der Waals surface area contributed by atoms with Crippen molar-refractivity contribution in [2.45, 2.75) is 57.6 Å². The van der Waals surface area contributed by atoms with E-state index in [2.05, 4.69) is 21.2 Å². The molecule has 3 aromatic carbocycles. The van der Waals surface area contributed by atoms with Gasteiger partial charge in [0.05, 0.1) is 20.6 Å². The van der Waals surface area contributed by atoms with E-state index in [0.29, 0.717) is 27.7 Å². The van der Waals surface area contributed by atoms with Gasteiger partial charge in [-0.2, -0.15) is 0 Å². The summed E-state index contributed by atoms with van der Waals surface area (Å²) in [6, 6.07) is 17.1. The van der Waals surface area contributed by atoms with E-state index in [1.165, 1.54) is 17.0 Å². The molecule has 11 heteroatoms. The second-order valence-electron chi connectivity index (χ2n) is 9.66. The van der Waals surface area contributed by atoms with Crippen LogP contribution in [0.5, 0.6) is 0 Å². The molecule has 0 aliphatic carbocycles. The van der Waals surface area contributed by atoms with Crippen LogP contribution in [-0.2, 0) is 26.2 Å². The molecule has 7 nitrogen and oxygen atoms in total. The zero-order valence-electron chi connectivity index (χ0n) is 22.7. The predicted molar refractivity (Wildman–Crippen MR) is 164 cm³/mol. The highest BCUT2D eigenvalue weighted by atomic mass is 79.9.